The van der Waals surface area contributed by atoms with Crippen LogP contribution in [0.25, 0.3) is 6.08 Å². The molecule has 0 aliphatic carbocycles. The van der Waals surface area contributed by atoms with Crippen molar-refractivity contribution < 1.29 is 18.7 Å². The van der Waals surface area contributed by atoms with E-state index in [0.29, 0.717) is 6.08 Å². The van der Waals surface area contributed by atoms with Crippen LogP contribution in [0.3, 0.4) is 0 Å². The number of benzene rings is 1. The molecular weight excluding hydrogens is 204 g/mol. The van der Waals surface area contributed by atoms with Gasteiger partial charge in [0.05, 0.1) is 0 Å². The maximum absolute atomic E-state index is 13.0. The van der Waals surface area contributed by atoms with E-state index in [2.05, 4.69) is 0 Å². The molecule has 0 heterocycles. The third-order valence-corrected chi connectivity index (χ3v) is 1.64. The van der Waals surface area contributed by atoms with E-state index in [9.17, 15) is 13.6 Å². The molecule has 0 spiro atoms. The number of carbonyl (C=O) groups is 1. The van der Waals surface area contributed by atoms with Gasteiger partial charge in [0.25, 0.3) is 0 Å². The molecule has 0 fully saturated rings. The lowest BCUT2D eigenvalue weighted by Gasteiger charge is -1.98. The van der Waals surface area contributed by atoms with Crippen molar-refractivity contribution >= 4 is 12.0 Å². The third-order valence-electron chi connectivity index (χ3n) is 1.64. The summed E-state index contributed by atoms with van der Waals surface area (Å²) in [7, 11) is 0. The summed E-state index contributed by atoms with van der Waals surface area (Å²) >= 11 is 0. The Morgan fingerprint density at radius 3 is 2.33 bits per heavy atom. The van der Waals surface area contributed by atoms with Crippen LogP contribution in [0.1, 0.15) is 5.56 Å². The van der Waals surface area contributed by atoms with Crippen molar-refractivity contribution in [2.75, 3.05) is 0 Å². The molecule has 15 heavy (non-hydrogen) atoms. The summed E-state index contributed by atoms with van der Waals surface area (Å²) in [6.45, 7) is 0. The molecule has 3 nitrogen and oxygen atoms in total. The molecule has 0 atom stereocenters. The first kappa shape index (κ1) is 10.9. The van der Waals surface area contributed by atoms with E-state index in [1.807, 2.05) is 0 Å². The lowest BCUT2D eigenvalue weighted by Crippen LogP contribution is -1.99. The molecule has 0 radical (unpaired) electrons. The first-order valence-corrected chi connectivity index (χ1v) is 3.85. The smallest absolute Gasteiger partial charge is 0.346 e. The van der Waals surface area contributed by atoms with Crippen molar-refractivity contribution in [1.82, 2.24) is 0 Å². The molecule has 0 unspecified atom stereocenters. The highest BCUT2D eigenvalue weighted by molar-refractivity contribution is 5.96. The van der Waals surface area contributed by atoms with Crippen molar-refractivity contribution in [3.63, 3.8) is 0 Å². The fourth-order valence-corrected chi connectivity index (χ4v) is 0.935. The Balaban J connectivity index is 3.30. The second-order valence-electron chi connectivity index (χ2n) is 2.61. The lowest BCUT2D eigenvalue weighted by molar-refractivity contribution is -0.132. The van der Waals surface area contributed by atoms with Crippen LogP contribution in [0.5, 0.6) is 0 Å². The zero-order chi connectivity index (χ0) is 11.4. The number of hydrogen-bond acceptors (Lipinski definition) is 2. The van der Waals surface area contributed by atoms with Gasteiger partial charge in [-0.1, -0.05) is 6.07 Å². The average Bonchev–Trinajstić information content (AvgIpc) is 2.17. The van der Waals surface area contributed by atoms with Crippen LogP contribution in [-0.4, -0.2) is 11.1 Å². The molecule has 0 aliphatic heterocycles. The first-order chi connectivity index (χ1) is 7.06. The summed E-state index contributed by atoms with van der Waals surface area (Å²) in [6.07, 6.45) is 0.660. The van der Waals surface area contributed by atoms with Gasteiger partial charge in [-0.2, -0.15) is 5.26 Å². The maximum Gasteiger partial charge on any atom is 0.346 e. The Kier molecular flexibility index (Phi) is 3.13. The summed E-state index contributed by atoms with van der Waals surface area (Å²) in [4.78, 5) is 10.4. The van der Waals surface area contributed by atoms with E-state index >= 15 is 0 Å². The molecule has 1 aromatic rings. The van der Waals surface area contributed by atoms with Crippen LogP contribution >= 0.6 is 0 Å². The quantitative estimate of drug-likeness (QED) is 0.598. The Labute approximate surface area is 83.9 Å². The lowest BCUT2D eigenvalue weighted by atomic mass is 10.1. The minimum Gasteiger partial charge on any atom is -0.477 e. The number of nitrogens with zero attached hydrogens (tertiary/aromatic N) is 1. The molecule has 1 rings (SSSR count). The second-order valence-corrected chi connectivity index (χ2v) is 2.61. The van der Waals surface area contributed by atoms with E-state index in [1.54, 1.807) is 0 Å². The fourth-order valence-electron chi connectivity index (χ4n) is 0.935. The monoisotopic (exact) mass is 209 g/mol. The predicted molar refractivity (Wildman–Crippen MR) is 47.6 cm³/mol. The number of halogens is 2. The van der Waals surface area contributed by atoms with Crippen LogP contribution < -0.4 is 0 Å². The summed E-state index contributed by atoms with van der Waals surface area (Å²) < 4.78 is 26.0. The van der Waals surface area contributed by atoms with Gasteiger partial charge in [-0.25, -0.2) is 13.6 Å². The number of hydrogen-bond donors (Lipinski definition) is 1. The van der Waals surface area contributed by atoms with Gasteiger partial charge in [-0.15, -0.1) is 0 Å². The van der Waals surface area contributed by atoms with Gasteiger partial charge < -0.3 is 5.11 Å². The van der Waals surface area contributed by atoms with Crippen LogP contribution in [0.4, 0.5) is 8.78 Å². The molecule has 1 aromatic carbocycles. The average molecular weight is 209 g/mol. The SMILES string of the molecule is N#CC(=Cc1c(F)cccc1F)C(=O)O. The van der Waals surface area contributed by atoms with E-state index < -0.39 is 28.7 Å². The Morgan fingerprint density at radius 1 is 1.40 bits per heavy atom. The molecule has 0 aliphatic rings. The van der Waals surface area contributed by atoms with Gasteiger partial charge in [-0.3, -0.25) is 0 Å². The number of carboxylic acids is 1. The van der Waals surface area contributed by atoms with E-state index in [0.717, 1.165) is 18.2 Å². The Bertz CT molecular complexity index is 455. The number of carboxylic acid groups (broad SMARTS) is 1. The van der Waals surface area contributed by atoms with Crippen molar-refractivity contribution in [3.8, 4) is 6.07 Å². The zero-order valence-electron chi connectivity index (χ0n) is 7.37. The zero-order valence-corrected chi connectivity index (χ0v) is 7.37. The summed E-state index contributed by atoms with van der Waals surface area (Å²) in [5, 5.41) is 16.9. The third kappa shape index (κ3) is 2.38. The number of aliphatic carboxylic acids is 1. The van der Waals surface area contributed by atoms with Crippen LogP contribution in [0, 0.1) is 23.0 Å². The molecule has 0 bridgehead atoms. The van der Waals surface area contributed by atoms with E-state index in [4.69, 9.17) is 10.4 Å². The highest BCUT2D eigenvalue weighted by Gasteiger charge is 2.11. The first-order valence-electron chi connectivity index (χ1n) is 3.85. The largest absolute Gasteiger partial charge is 0.477 e. The van der Waals surface area contributed by atoms with Crippen molar-refractivity contribution in [1.29, 1.82) is 5.26 Å². The molecule has 76 valence electrons. The van der Waals surface area contributed by atoms with Crippen LogP contribution in [0.15, 0.2) is 23.8 Å². The number of nitriles is 1. The highest BCUT2D eigenvalue weighted by atomic mass is 19.1. The van der Waals surface area contributed by atoms with Gasteiger partial charge in [0.15, 0.2) is 0 Å². The summed E-state index contributed by atoms with van der Waals surface area (Å²) in [5.74, 6) is -3.35. The van der Waals surface area contributed by atoms with Gasteiger partial charge in [-0.05, 0) is 18.2 Å². The Hall–Kier alpha value is -2.22. The normalized spacial score (nSPS) is 10.9. The standard InChI is InChI=1S/C10H5F2NO2/c11-8-2-1-3-9(12)7(8)4-6(5-13)10(14)15/h1-4H,(H,14,15). The Morgan fingerprint density at radius 2 is 1.93 bits per heavy atom. The predicted octanol–water partition coefficient (Wildman–Crippen LogP) is 1.96. The van der Waals surface area contributed by atoms with E-state index in [1.165, 1.54) is 6.07 Å². The van der Waals surface area contributed by atoms with E-state index in [-0.39, 0.29) is 0 Å². The van der Waals surface area contributed by atoms with Crippen molar-refractivity contribution in [2.24, 2.45) is 0 Å². The minimum atomic E-state index is -1.53. The highest BCUT2D eigenvalue weighted by Crippen LogP contribution is 2.15. The molecule has 0 aromatic heterocycles. The molecule has 0 saturated heterocycles. The molecule has 1 N–H and O–H groups in total. The second kappa shape index (κ2) is 4.33. The van der Waals surface area contributed by atoms with Crippen molar-refractivity contribution in [2.45, 2.75) is 0 Å². The molecule has 5 heteroatoms. The van der Waals surface area contributed by atoms with Crippen LogP contribution in [-0.2, 0) is 4.79 Å². The molecule has 0 saturated carbocycles. The molecular formula is C10H5F2NO2. The summed E-state index contributed by atoms with van der Waals surface area (Å²) in [5.41, 5.74) is -1.25. The number of rotatable bonds is 2. The molecule has 0 amide bonds. The van der Waals surface area contributed by atoms with Gasteiger partial charge in [0, 0.05) is 5.56 Å². The van der Waals surface area contributed by atoms with Gasteiger partial charge in [0.1, 0.15) is 23.3 Å². The summed E-state index contributed by atoms with van der Waals surface area (Å²) in [6, 6.07) is 4.44. The van der Waals surface area contributed by atoms with Gasteiger partial charge in [0.2, 0.25) is 0 Å². The van der Waals surface area contributed by atoms with Crippen LogP contribution in [0.2, 0.25) is 0 Å². The minimum absolute atomic E-state index is 0.531. The van der Waals surface area contributed by atoms with Crippen molar-refractivity contribution in [3.05, 3.63) is 41.0 Å². The fraction of sp³-hybridized carbons (Fsp3) is 0. The maximum atomic E-state index is 13.0. The topological polar surface area (TPSA) is 61.1 Å². The van der Waals surface area contributed by atoms with Gasteiger partial charge >= 0.3 is 5.97 Å².